The molecular weight excluding hydrogens is 314 g/mol. The van der Waals surface area contributed by atoms with Crippen molar-refractivity contribution in [3.05, 3.63) is 59.7 Å². The number of sulfonamides is 1. The molecule has 6 heteroatoms. The van der Waals surface area contributed by atoms with Gasteiger partial charge in [-0.2, -0.15) is 0 Å². The fourth-order valence-electron chi connectivity index (χ4n) is 2.20. The van der Waals surface area contributed by atoms with Crippen LogP contribution >= 0.6 is 0 Å². The molecule has 0 saturated carbocycles. The SMILES string of the molecule is CCCN(c1ccc(C(=O)O)cc1)S(=O)(=O)c1ccc(C)cc1. The Morgan fingerprint density at radius 2 is 1.61 bits per heavy atom. The monoisotopic (exact) mass is 333 g/mol. The maximum atomic E-state index is 12.9. The van der Waals surface area contributed by atoms with E-state index >= 15 is 0 Å². The first-order valence-corrected chi connectivity index (χ1v) is 8.73. The molecule has 0 amide bonds. The fraction of sp³-hybridized carbons (Fsp3) is 0.235. The lowest BCUT2D eigenvalue weighted by Crippen LogP contribution is -2.31. The van der Waals surface area contributed by atoms with Gasteiger partial charge in [-0.05, 0) is 49.7 Å². The third-order valence-corrected chi connectivity index (χ3v) is 5.28. The van der Waals surface area contributed by atoms with Crippen LogP contribution in [0.25, 0.3) is 0 Å². The minimum atomic E-state index is -3.68. The number of carboxylic acids is 1. The molecule has 0 aromatic heterocycles. The van der Waals surface area contributed by atoms with Crippen LogP contribution in [0.15, 0.2) is 53.4 Å². The molecule has 0 spiro atoms. The summed E-state index contributed by atoms with van der Waals surface area (Å²) in [6, 6.07) is 12.5. The van der Waals surface area contributed by atoms with Crippen LogP contribution in [0.4, 0.5) is 5.69 Å². The van der Waals surface area contributed by atoms with E-state index < -0.39 is 16.0 Å². The minimum absolute atomic E-state index is 0.123. The number of nitrogens with zero attached hydrogens (tertiary/aromatic N) is 1. The molecule has 0 heterocycles. The van der Waals surface area contributed by atoms with E-state index in [4.69, 9.17) is 5.11 Å². The Hall–Kier alpha value is -2.34. The number of aromatic carboxylic acids is 1. The molecule has 1 N–H and O–H groups in total. The molecule has 0 atom stereocenters. The summed E-state index contributed by atoms with van der Waals surface area (Å²) in [6.45, 7) is 4.11. The summed E-state index contributed by atoms with van der Waals surface area (Å²) in [7, 11) is -3.68. The van der Waals surface area contributed by atoms with Crippen LogP contribution in [0.1, 0.15) is 29.3 Å². The molecule has 2 rings (SSSR count). The lowest BCUT2D eigenvalue weighted by atomic mass is 10.2. The average molecular weight is 333 g/mol. The zero-order chi connectivity index (χ0) is 17.0. The summed E-state index contributed by atoms with van der Waals surface area (Å²) < 4.78 is 27.0. The Kier molecular flexibility index (Phi) is 5.05. The number of anilines is 1. The summed E-state index contributed by atoms with van der Waals surface area (Å²) in [5.41, 5.74) is 1.56. The van der Waals surface area contributed by atoms with Crippen LogP contribution in [-0.4, -0.2) is 26.0 Å². The van der Waals surface area contributed by atoms with Gasteiger partial charge in [0.1, 0.15) is 0 Å². The van der Waals surface area contributed by atoms with Crippen LogP contribution < -0.4 is 4.31 Å². The van der Waals surface area contributed by atoms with Crippen LogP contribution in [0.5, 0.6) is 0 Å². The normalized spacial score (nSPS) is 11.2. The molecule has 0 radical (unpaired) electrons. The van der Waals surface area contributed by atoms with Gasteiger partial charge in [-0.3, -0.25) is 4.31 Å². The molecule has 0 fully saturated rings. The highest BCUT2D eigenvalue weighted by Crippen LogP contribution is 2.24. The predicted octanol–water partition coefficient (Wildman–Crippen LogP) is 3.30. The molecule has 5 nitrogen and oxygen atoms in total. The number of benzene rings is 2. The zero-order valence-corrected chi connectivity index (χ0v) is 13.9. The fourth-order valence-corrected chi connectivity index (χ4v) is 3.76. The largest absolute Gasteiger partial charge is 0.478 e. The van der Waals surface area contributed by atoms with E-state index in [9.17, 15) is 13.2 Å². The number of aryl methyl sites for hydroxylation is 1. The van der Waals surface area contributed by atoms with Crippen molar-refractivity contribution in [1.82, 2.24) is 0 Å². The van der Waals surface area contributed by atoms with E-state index in [1.54, 1.807) is 24.3 Å². The zero-order valence-electron chi connectivity index (χ0n) is 13.1. The smallest absolute Gasteiger partial charge is 0.335 e. The summed E-state index contributed by atoms with van der Waals surface area (Å²) >= 11 is 0. The molecule has 2 aromatic carbocycles. The van der Waals surface area contributed by atoms with E-state index in [0.29, 0.717) is 18.7 Å². The Balaban J connectivity index is 2.44. The van der Waals surface area contributed by atoms with Crippen molar-refractivity contribution in [2.45, 2.75) is 25.2 Å². The van der Waals surface area contributed by atoms with Gasteiger partial charge in [-0.15, -0.1) is 0 Å². The number of hydrogen-bond acceptors (Lipinski definition) is 3. The summed E-state index contributed by atoms with van der Waals surface area (Å²) in [5.74, 6) is -1.04. The van der Waals surface area contributed by atoms with Gasteiger partial charge in [0, 0.05) is 6.54 Å². The highest BCUT2D eigenvalue weighted by atomic mass is 32.2. The van der Waals surface area contributed by atoms with E-state index in [-0.39, 0.29) is 10.5 Å². The minimum Gasteiger partial charge on any atom is -0.478 e. The van der Waals surface area contributed by atoms with Gasteiger partial charge in [0.25, 0.3) is 10.0 Å². The molecule has 0 saturated heterocycles. The first-order valence-electron chi connectivity index (χ1n) is 7.29. The molecule has 0 unspecified atom stereocenters. The maximum absolute atomic E-state index is 12.9. The number of rotatable bonds is 6. The summed E-state index contributed by atoms with van der Waals surface area (Å²) in [4.78, 5) is 11.1. The lowest BCUT2D eigenvalue weighted by molar-refractivity contribution is 0.0697. The maximum Gasteiger partial charge on any atom is 0.335 e. The Bertz CT molecular complexity index is 780. The molecule has 0 aliphatic carbocycles. The van der Waals surface area contributed by atoms with Gasteiger partial charge in [-0.25, -0.2) is 13.2 Å². The Morgan fingerprint density at radius 1 is 1.04 bits per heavy atom. The summed E-state index contributed by atoms with van der Waals surface area (Å²) in [6.07, 6.45) is 0.645. The quantitative estimate of drug-likeness (QED) is 0.880. The van der Waals surface area contributed by atoms with Gasteiger partial charge in [-0.1, -0.05) is 24.6 Å². The molecule has 23 heavy (non-hydrogen) atoms. The topological polar surface area (TPSA) is 74.7 Å². The first kappa shape index (κ1) is 17.0. The van der Waals surface area contributed by atoms with Crippen molar-refractivity contribution < 1.29 is 18.3 Å². The van der Waals surface area contributed by atoms with Gasteiger partial charge in [0.15, 0.2) is 0 Å². The summed E-state index contributed by atoms with van der Waals surface area (Å²) in [5, 5.41) is 8.95. The third kappa shape index (κ3) is 3.71. The predicted molar refractivity (Wildman–Crippen MR) is 89.4 cm³/mol. The van der Waals surface area contributed by atoms with Crippen molar-refractivity contribution in [3.63, 3.8) is 0 Å². The van der Waals surface area contributed by atoms with Crippen molar-refractivity contribution in [2.24, 2.45) is 0 Å². The number of carboxylic acid groups (broad SMARTS) is 1. The molecule has 122 valence electrons. The van der Waals surface area contributed by atoms with Crippen LogP contribution in [-0.2, 0) is 10.0 Å². The van der Waals surface area contributed by atoms with E-state index in [1.807, 2.05) is 13.8 Å². The van der Waals surface area contributed by atoms with Gasteiger partial charge >= 0.3 is 5.97 Å². The molecule has 0 aliphatic rings. The van der Waals surface area contributed by atoms with Crippen molar-refractivity contribution in [1.29, 1.82) is 0 Å². The molecular formula is C17H19NO4S. The average Bonchev–Trinajstić information content (AvgIpc) is 2.53. The second kappa shape index (κ2) is 6.83. The third-order valence-electron chi connectivity index (χ3n) is 3.44. The number of carbonyl (C=O) groups is 1. The number of hydrogen-bond donors (Lipinski definition) is 1. The molecule has 2 aromatic rings. The van der Waals surface area contributed by atoms with E-state index in [1.165, 1.54) is 28.6 Å². The van der Waals surface area contributed by atoms with E-state index in [2.05, 4.69) is 0 Å². The van der Waals surface area contributed by atoms with Gasteiger partial charge in [0.2, 0.25) is 0 Å². The Labute approximate surface area is 136 Å². The second-order valence-electron chi connectivity index (χ2n) is 5.24. The van der Waals surface area contributed by atoms with Gasteiger partial charge < -0.3 is 5.11 Å². The molecule has 0 aliphatic heterocycles. The van der Waals surface area contributed by atoms with Crippen molar-refractivity contribution >= 4 is 21.7 Å². The first-order chi connectivity index (χ1) is 10.9. The standard InChI is InChI=1S/C17H19NO4S/c1-3-12-18(15-8-6-14(7-9-15)17(19)20)23(21,22)16-10-4-13(2)5-11-16/h4-11H,3,12H2,1-2H3,(H,19,20). The highest BCUT2D eigenvalue weighted by molar-refractivity contribution is 7.92. The van der Waals surface area contributed by atoms with E-state index in [0.717, 1.165) is 5.56 Å². The van der Waals surface area contributed by atoms with Gasteiger partial charge in [0.05, 0.1) is 16.1 Å². The molecule has 0 bridgehead atoms. The van der Waals surface area contributed by atoms with Crippen LogP contribution in [0.3, 0.4) is 0 Å². The van der Waals surface area contributed by atoms with Crippen LogP contribution in [0.2, 0.25) is 0 Å². The van der Waals surface area contributed by atoms with Crippen molar-refractivity contribution in [3.8, 4) is 0 Å². The highest BCUT2D eigenvalue weighted by Gasteiger charge is 2.24. The van der Waals surface area contributed by atoms with Crippen molar-refractivity contribution in [2.75, 3.05) is 10.8 Å². The Morgan fingerprint density at radius 3 is 2.09 bits per heavy atom. The van der Waals surface area contributed by atoms with Crippen LogP contribution in [0, 0.1) is 6.92 Å². The second-order valence-corrected chi connectivity index (χ2v) is 7.10. The lowest BCUT2D eigenvalue weighted by Gasteiger charge is -2.24.